The van der Waals surface area contributed by atoms with Crippen molar-refractivity contribution in [2.75, 3.05) is 13.7 Å². The van der Waals surface area contributed by atoms with E-state index < -0.39 is 0 Å². The second-order valence-electron chi connectivity index (χ2n) is 8.46. The van der Waals surface area contributed by atoms with Crippen molar-refractivity contribution in [3.63, 3.8) is 0 Å². The maximum Gasteiger partial charge on any atom is 0.274 e. The zero-order valence-corrected chi connectivity index (χ0v) is 16.0. The van der Waals surface area contributed by atoms with Gasteiger partial charge in [-0.25, -0.2) is 0 Å². The van der Waals surface area contributed by atoms with Crippen molar-refractivity contribution < 1.29 is 9.90 Å². The molecule has 24 heavy (non-hydrogen) atoms. The van der Waals surface area contributed by atoms with Gasteiger partial charge in [-0.1, -0.05) is 13.8 Å². The first kappa shape index (κ1) is 19.0. The third-order valence-electron chi connectivity index (χ3n) is 5.13. The normalized spacial score (nSPS) is 22.0. The third kappa shape index (κ3) is 4.00. The molecule has 2 rings (SSSR count). The average molecular weight is 335 g/mol. The molecule has 5 heteroatoms. The lowest BCUT2D eigenvalue weighted by molar-refractivity contribution is 0.0645. The third-order valence-corrected chi connectivity index (χ3v) is 5.13. The first-order valence-electron chi connectivity index (χ1n) is 9.13. The molecule has 0 bridgehead atoms. The second-order valence-corrected chi connectivity index (χ2v) is 8.46. The van der Waals surface area contributed by atoms with Crippen molar-refractivity contribution >= 4 is 5.91 Å². The Labute approximate surface area is 146 Å². The lowest BCUT2D eigenvalue weighted by Gasteiger charge is -2.33. The van der Waals surface area contributed by atoms with E-state index in [2.05, 4.69) is 39.7 Å². The number of carbonyl (C=O) groups is 1. The molecule has 5 nitrogen and oxygen atoms in total. The van der Waals surface area contributed by atoms with Gasteiger partial charge in [0, 0.05) is 25.4 Å². The lowest BCUT2D eigenvalue weighted by Crippen LogP contribution is -2.40. The van der Waals surface area contributed by atoms with Gasteiger partial charge in [-0.2, -0.15) is 5.10 Å². The molecule has 1 fully saturated rings. The van der Waals surface area contributed by atoms with Crippen molar-refractivity contribution in [3.8, 4) is 0 Å². The van der Waals surface area contributed by atoms with Crippen LogP contribution in [-0.4, -0.2) is 45.4 Å². The van der Waals surface area contributed by atoms with E-state index in [9.17, 15) is 9.90 Å². The van der Waals surface area contributed by atoms with Crippen LogP contribution in [0.1, 0.15) is 82.4 Å². The fraction of sp³-hybridized carbons (Fsp3) is 0.789. The minimum absolute atomic E-state index is 0.00680. The molecular weight excluding hydrogens is 302 g/mol. The Balaban J connectivity index is 2.17. The summed E-state index contributed by atoms with van der Waals surface area (Å²) < 4.78 is 1.99. The topological polar surface area (TPSA) is 58.4 Å². The number of nitrogens with zero attached hydrogens (tertiary/aromatic N) is 3. The van der Waals surface area contributed by atoms with Gasteiger partial charge in [0.15, 0.2) is 5.69 Å². The van der Waals surface area contributed by atoms with E-state index in [1.54, 1.807) is 0 Å². The van der Waals surface area contributed by atoms with Crippen molar-refractivity contribution in [1.82, 2.24) is 14.7 Å². The van der Waals surface area contributed by atoms with E-state index in [1.807, 2.05) is 22.7 Å². The summed E-state index contributed by atoms with van der Waals surface area (Å²) in [5.74, 6) is 0.730. The number of hydrogen-bond acceptors (Lipinski definition) is 3. The van der Waals surface area contributed by atoms with Gasteiger partial charge in [0.05, 0.1) is 5.54 Å². The molecule has 0 spiro atoms. The molecule has 1 aliphatic carbocycles. The Bertz CT molecular complexity index is 564. The molecule has 1 N–H and O–H groups in total. The van der Waals surface area contributed by atoms with E-state index in [0.29, 0.717) is 17.5 Å². The molecule has 1 saturated carbocycles. The molecule has 0 radical (unpaired) electrons. The number of aromatic nitrogens is 2. The van der Waals surface area contributed by atoms with Crippen LogP contribution in [0.25, 0.3) is 0 Å². The Hall–Kier alpha value is -1.36. The fourth-order valence-corrected chi connectivity index (χ4v) is 3.51. The van der Waals surface area contributed by atoms with Crippen molar-refractivity contribution in [2.45, 2.75) is 77.8 Å². The van der Waals surface area contributed by atoms with Crippen LogP contribution >= 0.6 is 0 Å². The predicted octanol–water partition coefficient (Wildman–Crippen LogP) is 3.38. The summed E-state index contributed by atoms with van der Waals surface area (Å²) in [6.07, 6.45) is 3.91. The van der Waals surface area contributed by atoms with Crippen LogP contribution in [0.15, 0.2) is 6.07 Å². The standard InChI is InChI=1S/C19H33N3O2/c1-13(2)17-11-16(20-22(17)19(3,4)5)18(24)21(6)15-9-7-14(12-23)8-10-15/h11,13-15,23H,7-10,12H2,1-6H3. The average Bonchev–Trinajstić information content (AvgIpc) is 2.99. The van der Waals surface area contributed by atoms with Gasteiger partial charge in [0.2, 0.25) is 0 Å². The highest BCUT2D eigenvalue weighted by Crippen LogP contribution is 2.28. The van der Waals surface area contributed by atoms with Crippen LogP contribution in [0.5, 0.6) is 0 Å². The largest absolute Gasteiger partial charge is 0.396 e. The maximum atomic E-state index is 12.9. The van der Waals surface area contributed by atoms with Gasteiger partial charge in [0.1, 0.15) is 0 Å². The number of rotatable bonds is 4. The van der Waals surface area contributed by atoms with E-state index in [-0.39, 0.29) is 24.1 Å². The van der Waals surface area contributed by atoms with E-state index in [0.717, 1.165) is 31.4 Å². The van der Waals surface area contributed by atoms with Crippen LogP contribution in [0.2, 0.25) is 0 Å². The van der Waals surface area contributed by atoms with Gasteiger partial charge >= 0.3 is 0 Å². The SMILES string of the molecule is CC(C)c1cc(C(=O)N(C)C2CCC(CO)CC2)nn1C(C)(C)C. The minimum Gasteiger partial charge on any atom is -0.396 e. The molecule has 136 valence electrons. The molecule has 0 aliphatic heterocycles. The Morgan fingerprint density at radius 3 is 2.33 bits per heavy atom. The van der Waals surface area contributed by atoms with Gasteiger partial charge in [-0.3, -0.25) is 9.48 Å². The summed E-state index contributed by atoms with van der Waals surface area (Å²) >= 11 is 0. The number of amides is 1. The van der Waals surface area contributed by atoms with Crippen molar-refractivity contribution in [2.24, 2.45) is 5.92 Å². The van der Waals surface area contributed by atoms with E-state index in [1.165, 1.54) is 0 Å². The lowest BCUT2D eigenvalue weighted by atomic mass is 9.86. The van der Waals surface area contributed by atoms with Crippen LogP contribution in [0.4, 0.5) is 0 Å². The number of aliphatic hydroxyl groups is 1. The number of carbonyl (C=O) groups excluding carboxylic acids is 1. The van der Waals surface area contributed by atoms with Gasteiger partial charge in [0.25, 0.3) is 5.91 Å². The van der Waals surface area contributed by atoms with Gasteiger partial charge in [-0.05, 0) is 64.4 Å². The van der Waals surface area contributed by atoms with Crippen molar-refractivity contribution in [1.29, 1.82) is 0 Å². The summed E-state index contributed by atoms with van der Waals surface area (Å²) in [4.78, 5) is 14.8. The summed E-state index contributed by atoms with van der Waals surface area (Å²) in [6.45, 7) is 10.9. The van der Waals surface area contributed by atoms with E-state index >= 15 is 0 Å². The summed E-state index contributed by atoms with van der Waals surface area (Å²) in [5, 5.41) is 13.9. The summed E-state index contributed by atoms with van der Waals surface area (Å²) in [7, 11) is 1.89. The molecule has 1 aromatic heterocycles. The fourth-order valence-electron chi connectivity index (χ4n) is 3.51. The molecule has 1 aliphatic rings. The smallest absolute Gasteiger partial charge is 0.274 e. The number of hydrogen-bond donors (Lipinski definition) is 1. The van der Waals surface area contributed by atoms with Crippen molar-refractivity contribution in [3.05, 3.63) is 17.5 Å². The van der Waals surface area contributed by atoms with Gasteiger partial charge in [-0.15, -0.1) is 0 Å². The van der Waals surface area contributed by atoms with Crippen LogP contribution < -0.4 is 0 Å². The quantitative estimate of drug-likeness (QED) is 0.917. The highest BCUT2D eigenvalue weighted by Gasteiger charge is 2.30. The van der Waals surface area contributed by atoms with Crippen LogP contribution in [-0.2, 0) is 5.54 Å². The molecule has 1 heterocycles. The first-order chi connectivity index (χ1) is 11.1. The monoisotopic (exact) mass is 335 g/mol. The zero-order valence-electron chi connectivity index (χ0n) is 16.0. The van der Waals surface area contributed by atoms with Crippen LogP contribution in [0, 0.1) is 5.92 Å². The minimum atomic E-state index is -0.143. The predicted molar refractivity (Wildman–Crippen MR) is 96.2 cm³/mol. The highest BCUT2D eigenvalue weighted by atomic mass is 16.3. The zero-order chi connectivity index (χ0) is 18.1. The summed E-state index contributed by atoms with van der Waals surface area (Å²) in [5.41, 5.74) is 1.50. The highest BCUT2D eigenvalue weighted by molar-refractivity contribution is 5.92. The molecule has 0 saturated heterocycles. The Kier molecular flexibility index (Phi) is 5.74. The van der Waals surface area contributed by atoms with Gasteiger partial charge < -0.3 is 10.0 Å². The molecule has 1 amide bonds. The molecule has 1 aromatic rings. The van der Waals surface area contributed by atoms with E-state index in [4.69, 9.17) is 0 Å². The Morgan fingerprint density at radius 1 is 1.33 bits per heavy atom. The molecular formula is C19H33N3O2. The Morgan fingerprint density at radius 2 is 1.92 bits per heavy atom. The molecule has 0 atom stereocenters. The maximum absolute atomic E-state index is 12.9. The summed E-state index contributed by atoms with van der Waals surface area (Å²) in [6, 6.07) is 2.20. The first-order valence-corrected chi connectivity index (χ1v) is 9.13. The molecule has 0 aromatic carbocycles. The molecule has 0 unspecified atom stereocenters. The van der Waals surface area contributed by atoms with Crippen LogP contribution in [0.3, 0.4) is 0 Å². The number of aliphatic hydroxyl groups excluding tert-OH is 1. The second kappa shape index (κ2) is 7.26.